The first kappa shape index (κ1) is 26.3. The molecule has 8 heteroatoms. The fourth-order valence-corrected chi connectivity index (χ4v) is 2.30. The Labute approximate surface area is 186 Å². The predicted molar refractivity (Wildman–Crippen MR) is 125 cm³/mol. The molecule has 0 aromatic heterocycles. The number of methoxy groups -OCH3 is 2. The highest BCUT2D eigenvalue weighted by Gasteiger charge is 2.20. The van der Waals surface area contributed by atoms with Crippen LogP contribution in [-0.2, 0) is 11.2 Å². The van der Waals surface area contributed by atoms with Gasteiger partial charge in [-0.1, -0.05) is 26.8 Å². The van der Waals surface area contributed by atoms with Gasteiger partial charge in [-0.2, -0.15) is 0 Å². The third-order valence-electron chi connectivity index (χ3n) is 3.85. The van der Waals surface area contributed by atoms with Crippen LogP contribution in [0.3, 0.4) is 0 Å². The van der Waals surface area contributed by atoms with Crippen LogP contribution in [0.5, 0.6) is 11.5 Å². The highest BCUT2D eigenvalue weighted by molar-refractivity contribution is 14.0. The number of hydrogen-bond acceptors (Lipinski definition) is 4. The number of carbonyl (C=O) groups is 1. The van der Waals surface area contributed by atoms with Crippen LogP contribution in [0, 0.1) is 5.41 Å². The number of nitrogens with one attached hydrogen (secondary N) is 3. The van der Waals surface area contributed by atoms with Crippen LogP contribution in [0.25, 0.3) is 0 Å². The molecule has 0 spiro atoms. The number of rotatable bonds is 9. The normalized spacial score (nSPS) is 11.3. The second kappa shape index (κ2) is 13.5. The second-order valence-electron chi connectivity index (χ2n) is 7.13. The summed E-state index contributed by atoms with van der Waals surface area (Å²) in [4.78, 5) is 16.4. The fourth-order valence-electron chi connectivity index (χ4n) is 2.30. The van der Waals surface area contributed by atoms with Gasteiger partial charge in [0.1, 0.15) is 0 Å². The van der Waals surface area contributed by atoms with Gasteiger partial charge in [0.15, 0.2) is 17.5 Å². The molecule has 0 aliphatic carbocycles. The van der Waals surface area contributed by atoms with E-state index in [1.165, 1.54) is 0 Å². The Morgan fingerprint density at radius 1 is 1.04 bits per heavy atom. The largest absolute Gasteiger partial charge is 0.493 e. The molecule has 7 nitrogen and oxygen atoms in total. The monoisotopic (exact) mass is 506 g/mol. The van der Waals surface area contributed by atoms with Crippen LogP contribution in [0.2, 0.25) is 0 Å². The summed E-state index contributed by atoms with van der Waals surface area (Å²) in [5.74, 6) is 2.22. The van der Waals surface area contributed by atoms with Crippen molar-refractivity contribution in [2.75, 3.05) is 40.4 Å². The molecule has 0 heterocycles. The Balaban J connectivity index is 0.00000729. The molecule has 0 saturated heterocycles. The van der Waals surface area contributed by atoms with Gasteiger partial charge >= 0.3 is 0 Å². The highest BCUT2D eigenvalue weighted by atomic mass is 127. The smallest absolute Gasteiger partial charge is 0.225 e. The quantitative estimate of drug-likeness (QED) is 0.208. The maximum atomic E-state index is 11.9. The molecule has 1 aromatic carbocycles. The lowest BCUT2D eigenvalue weighted by Gasteiger charge is -2.18. The van der Waals surface area contributed by atoms with Gasteiger partial charge in [-0.3, -0.25) is 9.79 Å². The number of carbonyl (C=O) groups excluding carboxylic acids is 1. The zero-order chi connectivity index (χ0) is 20.3. The van der Waals surface area contributed by atoms with Crippen molar-refractivity contribution >= 4 is 35.8 Å². The molecule has 3 N–H and O–H groups in total. The SMILES string of the molecule is CCNC(=NCCc1ccc(OC)c(OC)c1)NCCNC(=O)C(C)(C)C.I. The Kier molecular flexibility index (Phi) is 12.6. The average Bonchev–Trinajstić information content (AvgIpc) is 2.63. The summed E-state index contributed by atoms with van der Waals surface area (Å²) in [6, 6.07) is 5.88. The molecule has 1 amide bonds. The molecule has 0 radical (unpaired) electrons. The summed E-state index contributed by atoms with van der Waals surface area (Å²) >= 11 is 0. The summed E-state index contributed by atoms with van der Waals surface area (Å²) in [5.41, 5.74) is 0.752. The maximum absolute atomic E-state index is 11.9. The number of guanidine groups is 1. The van der Waals surface area contributed by atoms with Gasteiger partial charge in [0.05, 0.1) is 14.2 Å². The third kappa shape index (κ3) is 9.48. The van der Waals surface area contributed by atoms with E-state index in [1.807, 2.05) is 45.9 Å². The van der Waals surface area contributed by atoms with Crippen LogP contribution in [0.15, 0.2) is 23.2 Å². The summed E-state index contributed by atoms with van der Waals surface area (Å²) in [6.45, 7) is 10.3. The molecule has 1 rings (SSSR count). The van der Waals surface area contributed by atoms with Crippen LogP contribution in [-0.4, -0.2) is 52.3 Å². The first-order chi connectivity index (χ1) is 12.8. The van der Waals surface area contributed by atoms with Crippen LogP contribution < -0.4 is 25.4 Å². The summed E-state index contributed by atoms with van der Waals surface area (Å²) in [7, 11) is 3.26. The van der Waals surface area contributed by atoms with Gasteiger partial charge in [-0.25, -0.2) is 0 Å². The summed E-state index contributed by atoms with van der Waals surface area (Å²) in [6.07, 6.45) is 0.789. The number of amides is 1. The van der Waals surface area contributed by atoms with E-state index in [4.69, 9.17) is 9.47 Å². The minimum absolute atomic E-state index is 0. The minimum atomic E-state index is -0.377. The lowest BCUT2D eigenvalue weighted by Crippen LogP contribution is -2.43. The van der Waals surface area contributed by atoms with Crippen molar-refractivity contribution in [1.29, 1.82) is 0 Å². The van der Waals surface area contributed by atoms with E-state index in [2.05, 4.69) is 20.9 Å². The zero-order valence-electron chi connectivity index (χ0n) is 17.8. The third-order valence-corrected chi connectivity index (χ3v) is 3.85. The average molecular weight is 506 g/mol. The van der Waals surface area contributed by atoms with Gasteiger partial charge in [0.25, 0.3) is 0 Å². The number of benzene rings is 1. The molecule has 0 aliphatic heterocycles. The molecular weight excluding hydrogens is 471 g/mol. The molecule has 160 valence electrons. The van der Waals surface area contributed by atoms with Gasteiger partial charge in [0.2, 0.25) is 5.91 Å². The predicted octanol–water partition coefficient (Wildman–Crippen LogP) is 2.58. The summed E-state index contributed by atoms with van der Waals surface area (Å²) < 4.78 is 10.6. The van der Waals surface area contributed by atoms with Crippen LogP contribution >= 0.6 is 24.0 Å². The van der Waals surface area contributed by atoms with E-state index in [-0.39, 0.29) is 35.3 Å². The standard InChI is InChI=1S/C20H34N4O3.HI/c1-7-21-19(24-13-12-22-18(25)20(2,3)4)23-11-10-15-8-9-16(26-5)17(14-15)27-6;/h8-9,14H,7,10-13H2,1-6H3,(H,22,25)(H2,21,23,24);1H. The molecule has 1 aromatic rings. The van der Waals surface area contributed by atoms with E-state index in [0.29, 0.717) is 19.6 Å². The van der Waals surface area contributed by atoms with E-state index >= 15 is 0 Å². The molecule has 0 atom stereocenters. The molecule has 0 unspecified atom stereocenters. The first-order valence-electron chi connectivity index (χ1n) is 9.33. The van der Waals surface area contributed by atoms with Crippen molar-refractivity contribution in [1.82, 2.24) is 16.0 Å². The molecular formula is C20H35IN4O3. The van der Waals surface area contributed by atoms with Gasteiger partial charge in [-0.05, 0) is 31.0 Å². The van der Waals surface area contributed by atoms with Gasteiger partial charge in [-0.15, -0.1) is 24.0 Å². The van der Waals surface area contributed by atoms with Crippen molar-refractivity contribution in [2.24, 2.45) is 10.4 Å². The van der Waals surface area contributed by atoms with Crippen molar-refractivity contribution in [3.8, 4) is 11.5 Å². The van der Waals surface area contributed by atoms with E-state index < -0.39 is 0 Å². The zero-order valence-corrected chi connectivity index (χ0v) is 20.2. The van der Waals surface area contributed by atoms with Crippen molar-refractivity contribution in [3.05, 3.63) is 23.8 Å². The highest BCUT2D eigenvalue weighted by Crippen LogP contribution is 2.27. The van der Waals surface area contributed by atoms with E-state index in [9.17, 15) is 4.79 Å². The Morgan fingerprint density at radius 3 is 2.25 bits per heavy atom. The molecule has 0 aliphatic rings. The molecule has 0 bridgehead atoms. The number of halogens is 1. The van der Waals surface area contributed by atoms with Crippen molar-refractivity contribution in [2.45, 2.75) is 34.1 Å². The first-order valence-corrected chi connectivity index (χ1v) is 9.33. The second-order valence-corrected chi connectivity index (χ2v) is 7.13. The molecule has 0 fully saturated rings. The number of hydrogen-bond donors (Lipinski definition) is 3. The van der Waals surface area contributed by atoms with E-state index in [1.54, 1.807) is 14.2 Å². The fraction of sp³-hybridized carbons (Fsp3) is 0.600. The topological polar surface area (TPSA) is 84.0 Å². The number of aliphatic imine (C=N–C) groups is 1. The van der Waals surface area contributed by atoms with Gasteiger partial charge in [0, 0.05) is 31.6 Å². The lowest BCUT2D eigenvalue weighted by atomic mass is 9.96. The molecule has 0 saturated carbocycles. The maximum Gasteiger partial charge on any atom is 0.225 e. The van der Waals surface area contributed by atoms with Crippen LogP contribution in [0.4, 0.5) is 0 Å². The Hall–Kier alpha value is -1.71. The molecule has 28 heavy (non-hydrogen) atoms. The van der Waals surface area contributed by atoms with Gasteiger partial charge < -0.3 is 25.4 Å². The van der Waals surface area contributed by atoms with Crippen LogP contribution in [0.1, 0.15) is 33.3 Å². The van der Waals surface area contributed by atoms with Crippen molar-refractivity contribution in [3.63, 3.8) is 0 Å². The Morgan fingerprint density at radius 2 is 1.68 bits per heavy atom. The van der Waals surface area contributed by atoms with E-state index in [0.717, 1.165) is 36.0 Å². The summed E-state index contributed by atoms with van der Waals surface area (Å²) in [5, 5.41) is 9.36. The number of nitrogens with zero attached hydrogens (tertiary/aromatic N) is 1. The minimum Gasteiger partial charge on any atom is -0.493 e. The Bertz CT molecular complexity index is 630. The number of ether oxygens (including phenoxy) is 2. The van der Waals surface area contributed by atoms with Crippen molar-refractivity contribution < 1.29 is 14.3 Å². The lowest BCUT2D eigenvalue weighted by molar-refractivity contribution is -0.128.